The van der Waals surface area contributed by atoms with E-state index in [9.17, 15) is 4.79 Å². The molecule has 0 aliphatic carbocycles. The number of ether oxygens (including phenoxy) is 2. The molecular weight excluding hydrogens is 344 g/mol. The van der Waals surface area contributed by atoms with Crippen molar-refractivity contribution in [2.75, 3.05) is 13.7 Å². The van der Waals surface area contributed by atoms with E-state index in [1.807, 2.05) is 26.8 Å². The second-order valence-electron chi connectivity index (χ2n) is 9.75. The lowest BCUT2D eigenvalue weighted by Gasteiger charge is -2.42. The van der Waals surface area contributed by atoms with Gasteiger partial charge in [-0.3, -0.25) is 4.79 Å². The summed E-state index contributed by atoms with van der Waals surface area (Å²) in [5.41, 5.74) is -0.481. The van der Waals surface area contributed by atoms with Gasteiger partial charge in [0.1, 0.15) is 0 Å². The first-order valence-electron chi connectivity index (χ1n) is 9.66. The van der Waals surface area contributed by atoms with E-state index in [0.717, 1.165) is 6.42 Å². The molecule has 0 amide bonds. The minimum atomic E-state index is -1.89. The highest BCUT2D eigenvalue weighted by Gasteiger charge is 2.41. The lowest BCUT2D eigenvalue weighted by atomic mass is 9.93. The second kappa shape index (κ2) is 10.0. The van der Waals surface area contributed by atoms with Gasteiger partial charge < -0.3 is 13.9 Å². The molecule has 3 atom stereocenters. The Hall–Kier alpha value is -0.653. The number of carbonyl (C=O) groups excluding carboxylic acids is 1. The highest BCUT2D eigenvalue weighted by molar-refractivity contribution is 6.74. The summed E-state index contributed by atoms with van der Waals surface area (Å²) < 4.78 is 17.8. The largest absolute Gasteiger partial charge is 0.465 e. The van der Waals surface area contributed by atoms with Crippen molar-refractivity contribution < 1.29 is 18.7 Å². The highest BCUT2D eigenvalue weighted by Crippen LogP contribution is 2.39. The van der Waals surface area contributed by atoms with Crippen LogP contribution in [0.1, 0.15) is 61.3 Å². The van der Waals surface area contributed by atoms with Crippen LogP contribution in [-0.2, 0) is 18.7 Å². The third-order valence-corrected chi connectivity index (χ3v) is 9.88. The van der Waals surface area contributed by atoms with E-state index < -0.39 is 13.7 Å². The van der Waals surface area contributed by atoms with Crippen LogP contribution in [0.5, 0.6) is 0 Å². The minimum absolute atomic E-state index is 0.0301. The number of esters is 1. The molecule has 0 saturated carbocycles. The van der Waals surface area contributed by atoms with Crippen molar-refractivity contribution in [2.45, 2.75) is 91.6 Å². The Labute approximate surface area is 162 Å². The van der Waals surface area contributed by atoms with Crippen LogP contribution in [-0.4, -0.2) is 40.2 Å². The maximum Gasteiger partial charge on any atom is 0.311 e. The van der Waals surface area contributed by atoms with E-state index >= 15 is 0 Å². The number of methoxy groups -OCH3 is 1. The van der Waals surface area contributed by atoms with Crippen molar-refractivity contribution in [1.82, 2.24) is 0 Å². The summed E-state index contributed by atoms with van der Waals surface area (Å²) in [7, 11) is -0.177. The Morgan fingerprint density at radius 1 is 1.12 bits per heavy atom. The first-order valence-corrected chi connectivity index (χ1v) is 12.6. The van der Waals surface area contributed by atoms with E-state index in [-0.39, 0.29) is 29.1 Å². The summed E-state index contributed by atoms with van der Waals surface area (Å²) in [4.78, 5) is 11.9. The molecule has 0 aromatic rings. The summed E-state index contributed by atoms with van der Waals surface area (Å²) in [6.45, 7) is 23.3. The van der Waals surface area contributed by atoms with E-state index in [0.29, 0.717) is 13.0 Å². The quantitative estimate of drug-likeness (QED) is 0.279. The van der Waals surface area contributed by atoms with Gasteiger partial charge >= 0.3 is 5.97 Å². The van der Waals surface area contributed by atoms with Gasteiger partial charge in [-0.05, 0) is 45.3 Å². The molecule has 0 aromatic heterocycles. The van der Waals surface area contributed by atoms with Crippen molar-refractivity contribution in [2.24, 2.45) is 11.3 Å². The molecule has 154 valence electrons. The van der Waals surface area contributed by atoms with Crippen molar-refractivity contribution in [3.8, 4) is 0 Å². The molecule has 0 bridgehead atoms. The van der Waals surface area contributed by atoms with Crippen LogP contribution in [0.4, 0.5) is 0 Å². The maximum absolute atomic E-state index is 11.9. The molecule has 0 heterocycles. The van der Waals surface area contributed by atoms with Crippen molar-refractivity contribution >= 4 is 14.3 Å². The highest BCUT2D eigenvalue weighted by atomic mass is 28.4. The van der Waals surface area contributed by atoms with Crippen molar-refractivity contribution in [3.05, 3.63) is 12.7 Å². The van der Waals surface area contributed by atoms with Gasteiger partial charge in [0.25, 0.3) is 0 Å². The number of rotatable bonds is 10. The van der Waals surface area contributed by atoms with Gasteiger partial charge in [0, 0.05) is 19.4 Å². The minimum Gasteiger partial charge on any atom is -0.465 e. The monoisotopic (exact) mass is 386 g/mol. The molecule has 0 rings (SSSR count). The topological polar surface area (TPSA) is 44.8 Å². The van der Waals surface area contributed by atoms with E-state index in [4.69, 9.17) is 13.9 Å². The fraction of sp³-hybridized carbons (Fsp3) is 0.857. The first-order chi connectivity index (χ1) is 11.7. The van der Waals surface area contributed by atoms with Gasteiger partial charge in [-0.15, -0.1) is 6.58 Å². The molecule has 0 aromatic carbocycles. The third-order valence-electron chi connectivity index (χ3n) is 5.37. The maximum atomic E-state index is 11.9. The lowest BCUT2D eigenvalue weighted by Crippen LogP contribution is -2.47. The van der Waals surface area contributed by atoms with Crippen molar-refractivity contribution in [1.29, 1.82) is 0 Å². The standard InChI is InChI=1S/C21H42O4Si/c1-12-13-18(25-26(10,11)21(6,7)8)16(2)17(23-9)14-15-24-19(22)20(3,4)5/h12,16-18H,1,13-15H2,2-11H3/t16-,17+,18+/m0/s1. The molecule has 5 heteroatoms. The predicted octanol–water partition coefficient (Wildman–Crippen LogP) is 5.58. The molecule has 0 aliphatic rings. The van der Waals surface area contributed by atoms with Crippen LogP contribution in [0.3, 0.4) is 0 Å². The van der Waals surface area contributed by atoms with Crippen LogP contribution in [0.25, 0.3) is 0 Å². The molecule has 26 heavy (non-hydrogen) atoms. The fourth-order valence-corrected chi connectivity index (χ4v) is 3.83. The summed E-state index contributed by atoms with van der Waals surface area (Å²) >= 11 is 0. The summed E-state index contributed by atoms with van der Waals surface area (Å²) in [5.74, 6) is 0.000588. The van der Waals surface area contributed by atoms with E-state index in [1.165, 1.54) is 0 Å². The van der Waals surface area contributed by atoms with Gasteiger partial charge in [0.15, 0.2) is 8.32 Å². The van der Waals surface area contributed by atoms with E-state index in [2.05, 4.69) is 47.4 Å². The van der Waals surface area contributed by atoms with Gasteiger partial charge in [0.2, 0.25) is 0 Å². The molecule has 0 unspecified atom stereocenters. The zero-order chi connectivity index (χ0) is 20.8. The molecular formula is C21H42O4Si. The van der Waals surface area contributed by atoms with Crippen LogP contribution >= 0.6 is 0 Å². The summed E-state index contributed by atoms with van der Waals surface area (Å²) in [6.07, 6.45) is 3.39. The van der Waals surface area contributed by atoms with Gasteiger partial charge in [-0.2, -0.15) is 0 Å². The zero-order valence-corrected chi connectivity index (χ0v) is 19.8. The van der Waals surface area contributed by atoms with Gasteiger partial charge in [-0.1, -0.05) is 33.8 Å². The van der Waals surface area contributed by atoms with Crippen LogP contribution in [0.2, 0.25) is 18.1 Å². The Bertz CT molecular complexity index is 446. The molecule has 0 spiro atoms. The Morgan fingerprint density at radius 2 is 1.65 bits per heavy atom. The molecule has 0 N–H and O–H groups in total. The van der Waals surface area contributed by atoms with Crippen LogP contribution in [0, 0.1) is 11.3 Å². The number of hydrogen-bond donors (Lipinski definition) is 0. The summed E-state index contributed by atoms with van der Waals surface area (Å²) in [5, 5.41) is 0.150. The van der Waals surface area contributed by atoms with Crippen molar-refractivity contribution in [3.63, 3.8) is 0 Å². The molecule has 0 saturated heterocycles. The Morgan fingerprint density at radius 3 is 2.04 bits per heavy atom. The van der Waals surface area contributed by atoms with Gasteiger partial charge in [-0.25, -0.2) is 0 Å². The normalized spacial score (nSPS) is 16.7. The average Bonchev–Trinajstić information content (AvgIpc) is 2.48. The fourth-order valence-electron chi connectivity index (χ4n) is 2.41. The summed E-state index contributed by atoms with van der Waals surface area (Å²) in [6, 6.07) is 0. The second-order valence-corrected chi connectivity index (χ2v) is 14.5. The average molecular weight is 387 g/mol. The number of carbonyl (C=O) groups is 1. The first kappa shape index (κ1) is 25.3. The molecule has 0 radical (unpaired) electrons. The SMILES string of the molecule is C=CC[C@@H](O[Si](C)(C)C(C)(C)C)[C@@H](C)[C@@H](CCOC(=O)C(C)(C)C)OC. The smallest absolute Gasteiger partial charge is 0.311 e. The van der Waals surface area contributed by atoms with E-state index in [1.54, 1.807) is 7.11 Å². The molecule has 4 nitrogen and oxygen atoms in total. The zero-order valence-electron chi connectivity index (χ0n) is 18.8. The van der Waals surface area contributed by atoms with Gasteiger partial charge in [0.05, 0.1) is 24.2 Å². The Kier molecular flexibility index (Phi) is 9.79. The number of hydrogen-bond acceptors (Lipinski definition) is 4. The molecule has 0 fully saturated rings. The third kappa shape index (κ3) is 7.93. The molecule has 0 aliphatic heterocycles. The lowest BCUT2D eigenvalue weighted by molar-refractivity contribution is -0.154. The van der Waals surface area contributed by atoms with Crippen LogP contribution < -0.4 is 0 Å². The predicted molar refractivity (Wildman–Crippen MR) is 112 cm³/mol. The Balaban J connectivity index is 4.98. The van der Waals surface area contributed by atoms with Crippen LogP contribution in [0.15, 0.2) is 12.7 Å².